The van der Waals surface area contributed by atoms with Crippen molar-refractivity contribution in [2.24, 2.45) is 10.7 Å². The Balaban J connectivity index is 1.73. The van der Waals surface area contributed by atoms with Crippen LogP contribution < -0.4 is 15.4 Å². The van der Waals surface area contributed by atoms with Crippen molar-refractivity contribution < 1.29 is 4.74 Å². The first kappa shape index (κ1) is 16.0. The maximum atomic E-state index is 6.05. The highest BCUT2D eigenvalue weighted by Gasteiger charge is 2.34. The van der Waals surface area contributed by atoms with Crippen LogP contribution >= 0.6 is 11.8 Å². The van der Waals surface area contributed by atoms with Crippen LogP contribution in [0.1, 0.15) is 28.2 Å². The van der Waals surface area contributed by atoms with Gasteiger partial charge in [0.25, 0.3) is 0 Å². The maximum Gasteiger partial charge on any atom is 0.155 e. The van der Waals surface area contributed by atoms with Crippen molar-refractivity contribution in [3.05, 3.63) is 65.6 Å². The smallest absolute Gasteiger partial charge is 0.155 e. The lowest BCUT2D eigenvalue weighted by molar-refractivity contribution is 0.338. The number of anilines is 1. The number of aromatic nitrogens is 1. The second-order valence-electron chi connectivity index (χ2n) is 6.30. The van der Waals surface area contributed by atoms with Gasteiger partial charge in [-0.3, -0.25) is 9.98 Å². The van der Waals surface area contributed by atoms with E-state index in [2.05, 4.69) is 33.6 Å². The monoisotopic (exact) mass is 352 g/mol. The summed E-state index contributed by atoms with van der Waals surface area (Å²) in [6.07, 6.45) is 0. The SMILES string of the molecule is C=C1COc2ccc(C3SC(N)=NC3c3cccc(C)n3)cc2N1C. The van der Waals surface area contributed by atoms with Gasteiger partial charge < -0.3 is 15.4 Å². The number of thioether (sulfide) groups is 1. The molecule has 4 rings (SSSR count). The Bertz CT molecular complexity index is 879. The van der Waals surface area contributed by atoms with Crippen LogP contribution in [0.15, 0.2) is 53.7 Å². The molecule has 2 aromatic rings. The van der Waals surface area contributed by atoms with E-state index in [1.165, 1.54) is 0 Å². The molecule has 2 N–H and O–H groups in total. The molecule has 0 fully saturated rings. The highest BCUT2D eigenvalue weighted by molar-refractivity contribution is 8.14. The highest BCUT2D eigenvalue weighted by Crippen LogP contribution is 2.49. The fourth-order valence-corrected chi connectivity index (χ4v) is 4.20. The molecule has 0 radical (unpaired) electrons. The van der Waals surface area contributed by atoms with E-state index in [1.807, 2.05) is 38.2 Å². The first-order valence-electron chi connectivity index (χ1n) is 8.14. The van der Waals surface area contributed by atoms with Crippen molar-refractivity contribution in [2.45, 2.75) is 18.2 Å². The summed E-state index contributed by atoms with van der Waals surface area (Å²) in [5.74, 6) is 0.876. The number of amidine groups is 1. The first-order valence-corrected chi connectivity index (χ1v) is 9.02. The predicted molar refractivity (Wildman–Crippen MR) is 103 cm³/mol. The number of ether oxygens (including phenoxy) is 1. The minimum absolute atomic E-state index is 0.0824. The first-order chi connectivity index (χ1) is 12.0. The van der Waals surface area contributed by atoms with Crippen LogP contribution in [0.2, 0.25) is 0 Å². The molecule has 0 bridgehead atoms. The van der Waals surface area contributed by atoms with E-state index >= 15 is 0 Å². The molecule has 128 valence electrons. The van der Waals surface area contributed by atoms with Gasteiger partial charge in [0.2, 0.25) is 0 Å². The molecule has 2 atom stereocenters. The number of aryl methyl sites for hydroxylation is 1. The lowest BCUT2D eigenvalue weighted by Crippen LogP contribution is -2.26. The van der Waals surface area contributed by atoms with Gasteiger partial charge in [-0.15, -0.1) is 0 Å². The number of pyridine rings is 1. The zero-order chi connectivity index (χ0) is 17.6. The summed E-state index contributed by atoms with van der Waals surface area (Å²) in [6, 6.07) is 12.2. The number of likely N-dealkylation sites (N-methyl/N-ethyl adjacent to an activating group) is 1. The molecule has 1 aromatic heterocycles. The third kappa shape index (κ3) is 2.87. The number of fused-ring (bicyclic) bond motifs is 1. The molecule has 0 amide bonds. The minimum atomic E-state index is -0.0824. The van der Waals surface area contributed by atoms with Gasteiger partial charge in [0, 0.05) is 18.4 Å². The van der Waals surface area contributed by atoms with Crippen molar-refractivity contribution >= 4 is 22.6 Å². The molecule has 0 saturated heterocycles. The van der Waals surface area contributed by atoms with Crippen molar-refractivity contribution in [3.63, 3.8) is 0 Å². The average molecular weight is 352 g/mol. The predicted octanol–water partition coefficient (Wildman–Crippen LogP) is 3.58. The Morgan fingerprint density at radius 1 is 1.32 bits per heavy atom. The Hall–Kier alpha value is -2.47. The summed E-state index contributed by atoms with van der Waals surface area (Å²) in [5, 5.41) is 0.702. The maximum absolute atomic E-state index is 6.05. The molecule has 0 saturated carbocycles. The Morgan fingerprint density at radius 3 is 2.96 bits per heavy atom. The Labute approximate surface area is 151 Å². The molecule has 2 aliphatic rings. The van der Waals surface area contributed by atoms with Crippen LogP contribution in [0.4, 0.5) is 5.69 Å². The number of rotatable bonds is 2. The average Bonchev–Trinajstić information content (AvgIpc) is 3.00. The molecule has 0 spiro atoms. The normalized spacial score (nSPS) is 22.4. The lowest BCUT2D eigenvalue weighted by atomic mass is 10.0. The number of benzene rings is 1. The van der Waals surface area contributed by atoms with E-state index < -0.39 is 0 Å². The van der Waals surface area contributed by atoms with E-state index in [9.17, 15) is 0 Å². The van der Waals surface area contributed by atoms with Crippen molar-refractivity contribution in [3.8, 4) is 5.75 Å². The number of hydrogen-bond donors (Lipinski definition) is 1. The minimum Gasteiger partial charge on any atom is -0.485 e. The lowest BCUT2D eigenvalue weighted by Gasteiger charge is -2.30. The van der Waals surface area contributed by atoms with Gasteiger partial charge in [0.15, 0.2) is 5.17 Å². The second-order valence-corrected chi connectivity index (χ2v) is 7.46. The molecule has 5 nitrogen and oxygen atoms in total. The molecule has 1 aromatic carbocycles. The number of nitrogens with two attached hydrogens (primary N) is 1. The van der Waals surface area contributed by atoms with E-state index in [1.54, 1.807) is 11.8 Å². The van der Waals surface area contributed by atoms with Gasteiger partial charge in [-0.05, 0) is 36.8 Å². The molecular weight excluding hydrogens is 332 g/mol. The summed E-state index contributed by atoms with van der Waals surface area (Å²) >= 11 is 1.59. The topological polar surface area (TPSA) is 63.7 Å². The van der Waals surface area contributed by atoms with Gasteiger partial charge in [-0.25, -0.2) is 0 Å². The molecule has 6 heteroatoms. The van der Waals surface area contributed by atoms with Gasteiger partial charge in [-0.1, -0.05) is 30.5 Å². The Kier molecular flexibility index (Phi) is 3.92. The molecule has 0 aliphatic carbocycles. The molecular formula is C19H20N4OS. The molecule has 2 unspecified atom stereocenters. The fourth-order valence-electron chi connectivity index (χ4n) is 3.15. The second kappa shape index (κ2) is 6.11. The van der Waals surface area contributed by atoms with Crippen LogP contribution in [-0.2, 0) is 0 Å². The summed E-state index contributed by atoms with van der Waals surface area (Å²) in [7, 11) is 2.01. The van der Waals surface area contributed by atoms with Crippen LogP contribution in [0.5, 0.6) is 5.75 Å². The Morgan fingerprint density at radius 2 is 2.16 bits per heavy atom. The number of hydrogen-bond acceptors (Lipinski definition) is 6. The summed E-state index contributed by atoms with van der Waals surface area (Å²) in [4.78, 5) is 11.4. The van der Waals surface area contributed by atoms with E-state index in [0.29, 0.717) is 11.8 Å². The quantitative estimate of drug-likeness (QED) is 0.895. The van der Waals surface area contributed by atoms with E-state index in [0.717, 1.165) is 34.1 Å². The number of nitrogens with zero attached hydrogens (tertiary/aromatic N) is 3. The van der Waals surface area contributed by atoms with Gasteiger partial charge in [-0.2, -0.15) is 0 Å². The largest absolute Gasteiger partial charge is 0.485 e. The van der Waals surface area contributed by atoms with E-state index in [4.69, 9.17) is 10.5 Å². The van der Waals surface area contributed by atoms with Crippen LogP contribution in [0.25, 0.3) is 0 Å². The highest BCUT2D eigenvalue weighted by atomic mass is 32.2. The zero-order valence-electron chi connectivity index (χ0n) is 14.3. The van der Waals surface area contributed by atoms with Gasteiger partial charge >= 0.3 is 0 Å². The van der Waals surface area contributed by atoms with Crippen LogP contribution in [-0.4, -0.2) is 23.8 Å². The fraction of sp³-hybridized carbons (Fsp3) is 0.263. The van der Waals surface area contributed by atoms with Crippen molar-refractivity contribution in [2.75, 3.05) is 18.6 Å². The third-order valence-electron chi connectivity index (χ3n) is 4.56. The van der Waals surface area contributed by atoms with Gasteiger partial charge in [0.1, 0.15) is 18.4 Å². The third-order valence-corrected chi connectivity index (χ3v) is 5.69. The molecule has 25 heavy (non-hydrogen) atoms. The zero-order valence-corrected chi connectivity index (χ0v) is 15.1. The standard InChI is InChI=1S/C19H20N4OS/c1-11-5-4-6-14(21-11)17-18(25-19(20)22-17)13-7-8-16-15(9-13)23(3)12(2)10-24-16/h4-9,17-18H,2,10H2,1,3H3,(H2,20,22). The summed E-state index contributed by atoms with van der Waals surface area (Å²) < 4.78 is 5.76. The number of aliphatic imine (C=N–C) groups is 1. The summed E-state index contributed by atoms with van der Waals surface area (Å²) in [6.45, 7) is 6.56. The van der Waals surface area contributed by atoms with Crippen LogP contribution in [0, 0.1) is 6.92 Å². The van der Waals surface area contributed by atoms with Gasteiger partial charge in [0.05, 0.1) is 16.6 Å². The van der Waals surface area contributed by atoms with E-state index in [-0.39, 0.29) is 11.3 Å². The van der Waals surface area contributed by atoms with Crippen molar-refractivity contribution in [1.82, 2.24) is 4.98 Å². The molecule has 3 heterocycles. The van der Waals surface area contributed by atoms with Crippen LogP contribution in [0.3, 0.4) is 0 Å². The summed E-state index contributed by atoms with van der Waals surface area (Å²) in [5.41, 5.74) is 11.1. The molecule has 2 aliphatic heterocycles. The van der Waals surface area contributed by atoms with Crippen molar-refractivity contribution in [1.29, 1.82) is 0 Å².